The average Bonchev–Trinajstić information content (AvgIpc) is 3.01. The minimum absolute atomic E-state index is 0.0326. The molecular weight excluding hydrogens is 382 g/mol. The molecule has 30 heavy (non-hydrogen) atoms. The number of rotatable bonds is 6. The minimum atomic E-state index is -0.260. The number of methoxy groups -OCH3 is 1. The quantitative estimate of drug-likeness (QED) is 0.632. The molecule has 1 saturated carbocycles. The number of aromatic nitrogens is 4. The van der Waals surface area contributed by atoms with Crippen LogP contribution in [0.15, 0.2) is 41.5 Å². The Labute approximate surface area is 174 Å². The van der Waals surface area contributed by atoms with Gasteiger partial charge in [0.05, 0.1) is 7.11 Å². The first-order chi connectivity index (χ1) is 14.7. The highest BCUT2D eigenvalue weighted by Gasteiger charge is 2.16. The number of aryl methyl sites for hydroxylation is 1. The molecule has 1 aromatic carbocycles. The van der Waals surface area contributed by atoms with Crippen LogP contribution in [0, 0.1) is 0 Å². The average molecular weight is 409 g/mol. The number of fused-ring (bicyclic) bond motifs is 1. The van der Waals surface area contributed by atoms with E-state index in [2.05, 4.69) is 15.5 Å². The van der Waals surface area contributed by atoms with Gasteiger partial charge < -0.3 is 10.1 Å². The van der Waals surface area contributed by atoms with E-state index in [0.29, 0.717) is 18.7 Å². The van der Waals surface area contributed by atoms with E-state index >= 15 is 0 Å². The zero-order valence-corrected chi connectivity index (χ0v) is 17.2. The van der Waals surface area contributed by atoms with Gasteiger partial charge in [-0.15, -0.1) is 10.2 Å². The molecule has 2 heterocycles. The van der Waals surface area contributed by atoms with Crippen LogP contribution in [0.1, 0.15) is 50.8 Å². The summed E-state index contributed by atoms with van der Waals surface area (Å²) in [4.78, 5) is 25.2. The maximum absolute atomic E-state index is 12.9. The fourth-order valence-electron chi connectivity index (χ4n) is 4.00. The number of hydrogen-bond acceptors (Lipinski definition) is 5. The molecule has 8 nitrogen and oxygen atoms in total. The summed E-state index contributed by atoms with van der Waals surface area (Å²) in [7, 11) is 1.60. The Morgan fingerprint density at radius 3 is 2.53 bits per heavy atom. The summed E-state index contributed by atoms with van der Waals surface area (Å²) in [5.41, 5.74) is 0.701. The SMILES string of the molecule is COc1ccc(-n2ccn3c(CCC(=O)NC4CCCCCC4)nnc3c2=O)cc1. The van der Waals surface area contributed by atoms with Gasteiger partial charge in [0.25, 0.3) is 0 Å². The molecule has 0 saturated heterocycles. The molecule has 2 aromatic heterocycles. The predicted molar refractivity (Wildman–Crippen MR) is 113 cm³/mol. The van der Waals surface area contributed by atoms with Crippen molar-refractivity contribution in [2.45, 2.75) is 57.4 Å². The zero-order chi connectivity index (χ0) is 20.9. The van der Waals surface area contributed by atoms with Gasteiger partial charge in [-0.2, -0.15) is 0 Å². The second-order valence-electron chi connectivity index (χ2n) is 7.74. The molecule has 1 amide bonds. The molecule has 1 aliphatic rings. The van der Waals surface area contributed by atoms with E-state index in [1.54, 1.807) is 36.0 Å². The number of benzene rings is 1. The van der Waals surface area contributed by atoms with Gasteiger partial charge in [0.15, 0.2) is 0 Å². The van der Waals surface area contributed by atoms with Crippen molar-refractivity contribution in [3.05, 3.63) is 52.8 Å². The van der Waals surface area contributed by atoms with Crippen molar-refractivity contribution in [2.75, 3.05) is 7.11 Å². The molecule has 8 heteroatoms. The Kier molecular flexibility index (Phi) is 6.11. The number of nitrogens with zero attached hydrogens (tertiary/aromatic N) is 4. The molecule has 4 rings (SSSR count). The van der Waals surface area contributed by atoms with Crippen LogP contribution in [0.2, 0.25) is 0 Å². The summed E-state index contributed by atoms with van der Waals surface area (Å²) in [6, 6.07) is 7.51. The second-order valence-corrected chi connectivity index (χ2v) is 7.74. The van der Waals surface area contributed by atoms with Crippen LogP contribution in [0.4, 0.5) is 0 Å². The van der Waals surface area contributed by atoms with Crippen LogP contribution in [-0.4, -0.2) is 38.2 Å². The lowest BCUT2D eigenvalue weighted by molar-refractivity contribution is -0.121. The lowest BCUT2D eigenvalue weighted by Gasteiger charge is -2.15. The number of nitrogens with one attached hydrogen (secondary N) is 1. The third kappa shape index (κ3) is 4.37. The Balaban J connectivity index is 1.46. The number of carbonyl (C=O) groups is 1. The highest BCUT2D eigenvalue weighted by molar-refractivity contribution is 5.76. The fourth-order valence-corrected chi connectivity index (χ4v) is 4.00. The Bertz CT molecular complexity index is 1060. The van der Waals surface area contributed by atoms with Crippen molar-refractivity contribution in [3.63, 3.8) is 0 Å². The Morgan fingerprint density at radius 2 is 1.83 bits per heavy atom. The van der Waals surface area contributed by atoms with Crippen LogP contribution < -0.4 is 15.6 Å². The van der Waals surface area contributed by atoms with Gasteiger partial charge in [-0.25, -0.2) is 0 Å². The molecule has 0 spiro atoms. The summed E-state index contributed by atoms with van der Waals surface area (Å²) in [6.45, 7) is 0. The third-order valence-electron chi connectivity index (χ3n) is 5.69. The van der Waals surface area contributed by atoms with Crippen LogP contribution in [0.25, 0.3) is 11.3 Å². The van der Waals surface area contributed by atoms with Gasteiger partial charge in [-0.1, -0.05) is 25.7 Å². The van der Waals surface area contributed by atoms with E-state index in [1.165, 1.54) is 30.3 Å². The van der Waals surface area contributed by atoms with Crippen LogP contribution >= 0.6 is 0 Å². The minimum Gasteiger partial charge on any atom is -0.497 e. The molecule has 1 aliphatic carbocycles. The molecule has 0 atom stereocenters. The normalized spacial score (nSPS) is 15.1. The molecular formula is C22H27N5O3. The standard InChI is InChI=1S/C22H27N5O3/c1-30-18-10-8-17(9-11-18)26-14-15-27-19(24-25-21(27)22(26)29)12-13-20(28)23-16-6-4-2-3-5-7-16/h8-11,14-16H,2-7,12-13H2,1H3,(H,23,28). The maximum atomic E-state index is 12.9. The number of carbonyl (C=O) groups excluding carboxylic acids is 1. The van der Waals surface area contributed by atoms with Gasteiger partial charge >= 0.3 is 5.56 Å². The molecule has 3 aromatic rings. The molecule has 0 unspecified atom stereocenters. The van der Waals surface area contributed by atoms with E-state index < -0.39 is 0 Å². The number of amides is 1. The van der Waals surface area contributed by atoms with Crippen LogP contribution in [0.3, 0.4) is 0 Å². The molecule has 0 aliphatic heterocycles. The highest BCUT2D eigenvalue weighted by atomic mass is 16.5. The molecule has 0 radical (unpaired) electrons. The van der Waals surface area contributed by atoms with E-state index in [1.807, 2.05) is 12.1 Å². The molecule has 158 valence electrons. The number of hydrogen-bond donors (Lipinski definition) is 1. The first-order valence-electron chi connectivity index (χ1n) is 10.5. The largest absolute Gasteiger partial charge is 0.497 e. The van der Waals surface area contributed by atoms with Gasteiger partial charge in [-0.05, 0) is 37.1 Å². The third-order valence-corrected chi connectivity index (χ3v) is 5.69. The summed E-state index contributed by atoms with van der Waals surface area (Å²) in [6.07, 6.45) is 11.2. The van der Waals surface area contributed by atoms with E-state index in [-0.39, 0.29) is 23.2 Å². The Hall–Kier alpha value is -3.16. The summed E-state index contributed by atoms with van der Waals surface area (Å²) >= 11 is 0. The molecule has 1 N–H and O–H groups in total. The van der Waals surface area contributed by atoms with Gasteiger partial charge in [0.1, 0.15) is 11.6 Å². The highest BCUT2D eigenvalue weighted by Crippen LogP contribution is 2.17. The summed E-state index contributed by atoms with van der Waals surface area (Å²) in [5.74, 6) is 1.37. The van der Waals surface area contributed by atoms with Crippen molar-refractivity contribution in [1.29, 1.82) is 0 Å². The van der Waals surface area contributed by atoms with E-state index in [0.717, 1.165) is 24.3 Å². The van der Waals surface area contributed by atoms with Crippen molar-refractivity contribution in [2.24, 2.45) is 0 Å². The first-order valence-corrected chi connectivity index (χ1v) is 10.5. The summed E-state index contributed by atoms with van der Waals surface area (Å²) in [5, 5.41) is 11.4. The lowest BCUT2D eigenvalue weighted by Crippen LogP contribution is -2.34. The van der Waals surface area contributed by atoms with Crippen LogP contribution in [-0.2, 0) is 11.2 Å². The number of ether oxygens (including phenoxy) is 1. The van der Waals surface area contributed by atoms with E-state index in [9.17, 15) is 9.59 Å². The van der Waals surface area contributed by atoms with Gasteiger partial charge in [-0.3, -0.25) is 18.6 Å². The Morgan fingerprint density at radius 1 is 1.10 bits per heavy atom. The van der Waals surface area contributed by atoms with Crippen LogP contribution in [0.5, 0.6) is 5.75 Å². The molecule has 1 fully saturated rings. The zero-order valence-electron chi connectivity index (χ0n) is 17.2. The predicted octanol–water partition coefficient (Wildman–Crippen LogP) is 2.66. The van der Waals surface area contributed by atoms with Gasteiger partial charge in [0, 0.05) is 37.0 Å². The monoisotopic (exact) mass is 409 g/mol. The van der Waals surface area contributed by atoms with Crippen molar-refractivity contribution < 1.29 is 9.53 Å². The van der Waals surface area contributed by atoms with Crippen molar-refractivity contribution in [1.82, 2.24) is 24.5 Å². The maximum Gasteiger partial charge on any atom is 0.300 e. The fraction of sp³-hybridized carbons (Fsp3) is 0.455. The first kappa shape index (κ1) is 20.1. The molecule has 0 bridgehead atoms. The lowest BCUT2D eigenvalue weighted by atomic mass is 10.1. The van der Waals surface area contributed by atoms with Gasteiger partial charge in [0.2, 0.25) is 11.6 Å². The van der Waals surface area contributed by atoms with Crippen molar-refractivity contribution >= 4 is 11.6 Å². The summed E-state index contributed by atoms with van der Waals surface area (Å²) < 4.78 is 8.35. The van der Waals surface area contributed by atoms with E-state index in [4.69, 9.17) is 4.74 Å². The second kappa shape index (κ2) is 9.11. The smallest absolute Gasteiger partial charge is 0.300 e. The topological polar surface area (TPSA) is 90.5 Å². The van der Waals surface area contributed by atoms with Crippen molar-refractivity contribution in [3.8, 4) is 11.4 Å².